The van der Waals surface area contributed by atoms with Crippen LogP contribution in [0.4, 0.5) is 4.39 Å². The summed E-state index contributed by atoms with van der Waals surface area (Å²) >= 11 is 6.24. The molecule has 0 amide bonds. The molecule has 0 bridgehead atoms. The zero-order chi connectivity index (χ0) is 15.8. The maximum atomic E-state index is 13.2. The van der Waals surface area contributed by atoms with Crippen molar-refractivity contribution in [3.05, 3.63) is 65.2 Å². The van der Waals surface area contributed by atoms with Gasteiger partial charge in [0.25, 0.3) is 0 Å². The van der Waals surface area contributed by atoms with Crippen molar-refractivity contribution in [3.63, 3.8) is 0 Å². The molecule has 4 nitrogen and oxygen atoms in total. The van der Waals surface area contributed by atoms with Crippen LogP contribution >= 0.6 is 11.6 Å². The van der Waals surface area contributed by atoms with Gasteiger partial charge in [0.05, 0.1) is 23.4 Å². The van der Waals surface area contributed by atoms with Gasteiger partial charge in [-0.1, -0.05) is 23.7 Å². The van der Waals surface area contributed by atoms with E-state index in [-0.39, 0.29) is 11.9 Å². The smallest absolute Gasteiger partial charge is 0.183 e. The van der Waals surface area contributed by atoms with E-state index in [1.165, 1.54) is 12.1 Å². The van der Waals surface area contributed by atoms with Crippen LogP contribution in [0.2, 0.25) is 5.02 Å². The van der Waals surface area contributed by atoms with Crippen LogP contribution in [-0.2, 0) is 11.2 Å². The highest BCUT2D eigenvalue weighted by Gasteiger charge is 2.26. The summed E-state index contributed by atoms with van der Waals surface area (Å²) in [6.45, 7) is 0.734. The Kier molecular flexibility index (Phi) is 3.59. The summed E-state index contributed by atoms with van der Waals surface area (Å²) in [6.07, 6.45) is 0.840. The Morgan fingerprint density at radius 3 is 2.61 bits per heavy atom. The normalized spacial score (nSPS) is 16.5. The highest BCUT2D eigenvalue weighted by atomic mass is 35.5. The minimum atomic E-state index is -0.285. The van der Waals surface area contributed by atoms with Gasteiger partial charge in [-0.25, -0.2) is 14.1 Å². The van der Waals surface area contributed by atoms with Crippen molar-refractivity contribution < 1.29 is 9.13 Å². The maximum absolute atomic E-state index is 13.2. The number of epoxide rings is 1. The lowest BCUT2D eigenvalue weighted by atomic mass is 10.2. The molecule has 1 aliphatic rings. The van der Waals surface area contributed by atoms with E-state index < -0.39 is 0 Å². The predicted molar refractivity (Wildman–Crippen MR) is 85.2 cm³/mol. The molecule has 2 heterocycles. The predicted octanol–water partition coefficient (Wildman–Crippen LogP) is 3.67. The van der Waals surface area contributed by atoms with Gasteiger partial charge < -0.3 is 4.74 Å². The highest BCUT2D eigenvalue weighted by molar-refractivity contribution is 6.33. The summed E-state index contributed by atoms with van der Waals surface area (Å²) < 4.78 is 20.2. The van der Waals surface area contributed by atoms with Crippen molar-refractivity contribution in [3.8, 4) is 17.1 Å². The molecule has 1 atom stereocenters. The lowest BCUT2D eigenvalue weighted by Crippen LogP contribution is -2.06. The van der Waals surface area contributed by atoms with Crippen LogP contribution in [0.3, 0.4) is 0 Å². The average molecular weight is 330 g/mol. The zero-order valence-electron chi connectivity index (χ0n) is 12.1. The summed E-state index contributed by atoms with van der Waals surface area (Å²) in [4.78, 5) is 4.61. The molecule has 4 rings (SSSR count). The molecule has 0 saturated carbocycles. The Hall–Kier alpha value is -2.24. The lowest BCUT2D eigenvalue weighted by Gasteiger charge is -2.04. The molecule has 23 heavy (non-hydrogen) atoms. The molecule has 0 aliphatic carbocycles. The topological polar surface area (TPSA) is 43.2 Å². The SMILES string of the molecule is Fc1ccc(-n2nc(-c3ccccc3Cl)nc2CC2CO2)cc1. The summed E-state index contributed by atoms with van der Waals surface area (Å²) in [6, 6.07) is 13.6. The Labute approximate surface area is 137 Å². The number of benzene rings is 2. The van der Waals surface area contributed by atoms with Crippen molar-refractivity contribution >= 4 is 11.6 Å². The van der Waals surface area contributed by atoms with Crippen LogP contribution in [0.1, 0.15) is 5.82 Å². The first-order chi connectivity index (χ1) is 11.2. The van der Waals surface area contributed by atoms with Crippen LogP contribution < -0.4 is 0 Å². The lowest BCUT2D eigenvalue weighted by molar-refractivity contribution is 0.403. The molecule has 1 saturated heterocycles. The second-order valence-corrected chi connectivity index (χ2v) is 5.79. The van der Waals surface area contributed by atoms with Gasteiger partial charge in [0, 0.05) is 12.0 Å². The fourth-order valence-corrected chi connectivity index (χ4v) is 2.63. The molecule has 116 valence electrons. The molecule has 6 heteroatoms. The van der Waals surface area contributed by atoms with Crippen molar-refractivity contribution in [1.29, 1.82) is 0 Å². The van der Waals surface area contributed by atoms with Gasteiger partial charge in [0.15, 0.2) is 5.82 Å². The van der Waals surface area contributed by atoms with E-state index in [0.717, 1.165) is 23.7 Å². The third kappa shape index (κ3) is 2.98. The number of nitrogens with zero attached hydrogens (tertiary/aromatic N) is 3. The van der Waals surface area contributed by atoms with Gasteiger partial charge in [0.2, 0.25) is 0 Å². The van der Waals surface area contributed by atoms with Crippen molar-refractivity contribution in [1.82, 2.24) is 14.8 Å². The second kappa shape index (κ2) is 5.76. The number of hydrogen-bond donors (Lipinski definition) is 0. The minimum absolute atomic E-state index is 0.178. The first-order valence-corrected chi connectivity index (χ1v) is 7.67. The first-order valence-electron chi connectivity index (χ1n) is 7.29. The van der Waals surface area contributed by atoms with Crippen LogP contribution in [0.15, 0.2) is 48.5 Å². The third-order valence-electron chi connectivity index (χ3n) is 3.67. The number of ether oxygens (including phenoxy) is 1. The molecule has 1 aliphatic heterocycles. The molecular weight excluding hydrogens is 317 g/mol. The van der Waals surface area contributed by atoms with Crippen molar-refractivity contribution in [2.24, 2.45) is 0 Å². The van der Waals surface area contributed by atoms with Gasteiger partial charge in [0.1, 0.15) is 11.6 Å². The number of halogens is 2. The monoisotopic (exact) mass is 329 g/mol. The van der Waals surface area contributed by atoms with E-state index in [0.29, 0.717) is 17.3 Å². The van der Waals surface area contributed by atoms with E-state index in [4.69, 9.17) is 16.3 Å². The Morgan fingerprint density at radius 1 is 1.17 bits per heavy atom. The van der Waals surface area contributed by atoms with E-state index in [1.807, 2.05) is 18.2 Å². The number of aromatic nitrogens is 3. The summed E-state index contributed by atoms with van der Waals surface area (Å²) in [5, 5.41) is 5.16. The molecule has 1 unspecified atom stereocenters. The standard InChI is InChI=1S/C17H13ClFN3O/c18-15-4-2-1-3-14(15)17-20-16(9-13-10-23-13)22(21-17)12-7-5-11(19)6-8-12/h1-8,13H,9-10H2. The fraction of sp³-hybridized carbons (Fsp3) is 0.176. The molecule has 2 aromatic carbocycles. The average Bonchev–Trinajstić information content (AvgIpc) is 3.27. The van der Waals surface area contributed by atoms with E-state index in [9.17, 15) is 4.39 Å². The van der Waals surface area contributed by atoms with E-state index in [2.05, 4.69) is 10.1 Å². The molecule has 0 N–H and O–H groups in total. The number of rotatable bonds is 4. The Bertz CT molecular complexity index is 843. The second-order valence-electron chi connectivity index (χ2n) is 5.38. The largest absolute Gasteiger partial charge is 0.373 e. The first kappa shape index (κ1) is 14.4. The molecule has 3 aromatic rings. The molecule has 1 fully saturated rings. The summed E-state index contributed by atoms with van der Waals surface area (Å²) in [5.41, 5.74) is 1.53. The highest BCUT2D eigenvalue weighted by Crippen LogP contribution is 2.27. The maximum Gasteiger partial charge on any atom is 0.183 e. The molecule has 0 spiro atoms. The Morgan fingerprint density at radius 2 is 1.91 bits per heavy atom. The van der Waals surface area contributed by atoms with Gasteiger partial charge in [-0.05, 0) is 36.4 Å². The van der Waals surface area contributed by atoms with Gasteiger partial charge in [-0.2, -0.15) is 0 Å². The molecule has 0 radical (unpaired) electrons. The van der Waals surface area contributed by atoms with Crippen LogP contribution in [0.25, 0.3) is 17.1 Å². The number of hydrogen-bond acceptors (Lipinski definition) is 3. The van der Waals surface area contributed by atoms with Gasteiger partial charge in [-0.15, -0.1) is 5.10 Å². The summed E-state index contributed by atoms with van der Waals surface area (Å²) in [7, 11) is 0. The molecular formula is C17H13ClFN3O. The van der Waals surface area contributed by atoms with Crippen LogP contribution in [-0.4, -0.2) is 27.5 Å². The quantitative estimate of drug-likeness (QED) is 0.686. The van der Waals surface area contributed by atoms with E-state index in [1.54, 1.807) is 22.9 Å². The minimum Gasteiger partial charge on any atom is -0.373 e. The molecule has 1 aromatic heterocycles. The van der Waals surface area contributed by atoms with Crippen LogP contribution in [0, 0.1) is 5.82 Å². The summed E-state index contributed by atoms with van der Waals surface area (Å²) in [5.74, 6) is 1.04. The fourth-order valence-electron chi connectivity index (χ4n) is 2.41. The van der Waals surface area contributed by atoms with Crippen LogP contribution in [0.5, 0.6) is 0 Å². The van der Waals surface area contributed by atoms with Gasteiger partial charge in [-0.3, -0.25) is 0 Å². The third-order valence-corrected chi connectivity index (χ3v) is 4.00. The Balaban J connectivity index is 1.80. The van der Waals surface area contributed by atoms with E-state index >= 15 is 0 Å². The van der Waals surface area contributed by atoms with Gasteiger partial charge >= 0.3 is 0 Å². The van der Waals surface area contributed by atoms with Crippen molar-refractivity contribution in [2.45, 2.75) is 12.5 Å². The van der Waals surface area contributed by atoms with Crippen molar-refractivity contribution in [2.75, 3.05) is 6.61 Å². The zero-order valence-corrected chi connectivity index (χ0v) is 12.9.